The van der Waals surface area contributed by atoms with Crippen molar-refractivity contribution in [2.24, 2.45) is 11.3 Å². The number of alkyl halides is 1. The van der Waals surface area contributed by atoms with Gasteiger partial charge >= 0.3 is 0 Å². The number of aryl methyl sites for hydroxylation is 3. The lowest BCUT2D eigenvalue weighted by molar-refractivity contribution is -0.0924. The number of aromatic amines is 3. The minimum atomic E-state index is -1.08. The van der Waals surface area contributed by atoms with Gasteiger partial charge in [-0.15, -0.1) is 0 Å². The number of nitrogens with zero attached hydrogens (tertiary/aromatic N) is 13. The zero-order valence-corrected chi connectivity index (χ0v) is 58.4. The summed E-state index contributed by atoms with van der Waals surface area (Å²) in [5.41, 5.74) is 9.02. The van der Waals surface area contributed by atoms with Crippen LogP contribution in [0.1, 0.15) is 76.8 Å². The number of nitrogens with two attached hydrogens (primary N) is 1. The van der Waals surface area contributed by atoms with Crippen molar-refractivity contribution in [2.75, 3.05) is 93.4 Å². The summed E-state index contributed by atoms with van der Waals surface area (Å²) in [5, 5.41) is 42.6. The summed E-state index contributed by atoms with van der Waals surface area (Å²) in [4.78, 5) is 68.3. The van der Waals surface area contributed by atoms with E-state index in [1.807, 2.05) is 98.5 Å². The van der Waals surface area contributed by atoms with Crippen LogP contribution in [0.3, 0.4) is 0 Å². The third-order valence-electron chi connectivity index (χ3n) is 16.0. The van der Waals surface area contributed by atoms with E-state index in [2.05, 4.69) is 104 Å². The number of nitrogens with one attached hydrogen (secondary N) is 9. The molecule has 1 saturated carbocycles. The van der Waals surface area contributed by atoms with Crippen LogP contribution < -0.4 is 47.4 Å². The molecule has 0 atom stereocenters. The quantitative estimate of drug-likeness (QED) is 0.0282. The first kappa shape index (κ1) is 68.4. The van der Waals surface area contributed by atoms with Crippen molar-refractivity contribution in [1.82, 2.24) is 70.5 Å². The number of H-pyrrole nitrogens is 3. The first-order valence-electron chi connectivity index (χ1n) is 31.8. The number of aromatic nitrogens is 14. The van der Waals surface area contributed by atoms with Gasteiger partial charge in [-0.3, -0.25) is 24.9 Å². The molecular weight excluding hydrogens is 1370 g/mol. The highest BCUT2D eigenvalue weighted by molar-refractivity contribution is 7.99. The van der Waals surface area contributed by atoms with Crippen LogP contribution in [0.15, 0.2) is 176 Å². The molecule has 11 N–H and O–H groups in total. The number of carbonyl (C=O) groups excluding carboxylic acids is 2. The van der Waals surface area contributed by atoms with Crippen LogP contribution in [-0.4, -0.2) is 134 Å². The molecule has 0 unspecified atom stereocenters. The maximum Gasteiger partial charge on any atom is 0.258 e. The molecule has 3 aliphatic heterocycles. The zero-order valence-electron chi connectivity index (χ0n) is 54.5. The molecule has 1 aliphatic carbocycles. The molecule has 4 aliphatic rings. The zero-order chi connectivity index (χ0) is 69.3. The lowest BCUT2D eigenvalue weighted by atomic mass is 9.89. The van der Waals surface area contributed by atoms with E-state index in [-0.39, 0.29) is 36.0 Å². The van der Waals surface area contributed by atoms with Gasteiger partial charge in [0, 0.05) is 124 Å². The maximum absolute atomic E-state index is 14.8. The van der Waals surface area contributed by atoms with E-state index in [1.54, 1.807) is 73.1 Å². The normalized spacial score (nSPS) is 14.7. The molecule has 8 aromatic heterocycles. The number of rotatable bonds is 22. The van der Waals surface area contributed by atoms with Crippen molar-refractivity contribution >= 4 is 140 Å². The molecule has 26 nitrogen and oxygen atoms in total. The number of halogens is 3. The van der Waals surface area contributed by atoms with Crippen molar-refractivity contribution < 1.29 is 31.6 Å². The summed E-state index contributed by atoms with van der Waals surface area (Å²) < 4.78 is 20.2. The van der Waals surface area contributed by atoms with Crippen molar-refractivity contribution in [2.45, 2.75) is 82.8 Å². The van der Waals surface area contributed by atoms with Gasteiger partial charge in [0.15, 0.2) is 32.9 Å². The molecule has 530 valence electrons. The highest BCUT2D eigenvalue weighted by atomic mass is 35.5. The summed E-state index contributed by atoms with van der Waals surface area (Å²) in [6.07, 6.45) is 6.49. The number of anilines is 12. The number of hydrogen-bond acceptors (Lipinski definition) is 24. The Balaban J connectivity index is 0.000000333. The van der Waals surface area contributed by atoms with Crippen LogP contribution in [0, 0.1) is 32.1 Å². The van der Waals surface area contributed by atoms with E-state index in [0.717, 1.165) is 89.7 Å². The number of nitrogen functional groups attached to an aromatic ring is 1. The van der Waals surface area contributed by atoms with Gasteiger partial charge in [-0.05, 0) is 154 Å². The Morgan fingerprint density at radius 1 is 0.580 bits per heavy atom. The summed E-state index contributed by atoms with van der Waals surface area (Å²) in [6.45, 7) is 12.9. The number of benzene rings is 3. The van der Waals surface area contributed by atoms with Crippen molar-refractivity contribution in [3.05, 3.63) is 184 Å². The van der Waals surface area contributed by atoms with E-state index >= 15 is 0 Å². The van der Waals surface area contributed by atoms with Gasteiger partial charge in [-0.25, -0.2) is 44.3 Å². The second-order valence-corrected chi connectivity index (χ2v) is 28.5. The van der Waals surface area contributed by atoms with E-state index in [9.17, 15) is 14.0 Å². The number of hydrogen-bond donors (Lipinski definition) is 10. The van der Waals surface area contributed by atoms with Gasteiger partial charge in [0.2, 0.25) is 0 Å². The van der Waals surface area contributed by atoms with Gasteiger partial charge in [-0.1, -0.05) is 54.4 Å². The fourth-order valence-corrected chi connectivity index (χ4v) is 13.1. The minimum Gasteiger partial charge on any atom is -0.384 e. The fraction of sp³-hybridized carbons (Fsp3) is 0.250. The Morgan fingerprint density at radius 2 is 1.06 bits per heavy atom. The molecule has 0 bridgehead atoms. The molecule has 11 aromatic rings. The molecule has 32 heteroatoms. The van der Waals surface area contributed by atoms with Crippen LogP contribution in [0.2, 0.25) is 10.0 Å². The van der Waals surface area contributed by atoms with Crippen LogP contribution in [0.4, 0.5) is 74.1 Å². The SMILES string of the molecule is Cc1cc(Nc2cc(N3CC(F)(C4CC4)C3)nc(Sc3ccc(N)nc3)n2)n[nH]1.Cc1cc(Nc2cc(N3CCC3)nc(Sc3ccc(NC(=O)c4ccccc4Cl)nc3)n2)n[nH]1.Cc1cc(Nc2cc(NCC3(C)COC3)nc(Sc3ccc(NC(=O)c4ccccc4Cl)cc3)n2)n[nH]1.[HH].[HH].[HH].[HH].[HH].[HH].[HH].[HH].[HH]. The van der Waals surface area contributed by atoms with Crippen LogP contribution in [-0.2, 0) is 4.74 Å². The lowest BCUT2D eigenvalue weighted by Crippen LogP contribution is -2.60. The molecule has 4 fully saturated rings. The smallest absolute Gasteiger partial charge is 0.258 e. The summed E-state index contributed by atoms with van der Waals surface area (Å²) in [6, 6.07) is 39.9. The molecule has 2 amide bonds. The number of ether oxygens (including phenoxy) is 1. The van der Waals surface area contributed by atoms with Gasteiger partial charge in [0.1, 0.15) is 52.2 Å². The Labute approximate surface area is 610 Å². The summed E-state index contributed by atoms with van der Waals surface area (Å²) in [5.74, 6) is 6.76. The van der Waals surface area contributed by atoms with Crippen LogP contribution in [0.5, 0.6) is 0 Å². The number of carbonyl (C=O) groups is 2. The standard InChI is InChI=1S/C26H26ClN7O2S.C23H21ClN8OS.C19H21FN8S.9H2/c1-16-11-23(34-33-16)30-22-12-21(28-13-26(2)14-36-15-26)31-25(32-22)37-18-9-7-17(8-10-18)29-24(35)19-5-3-4-6-20(19)27;1-14-11-20(31-30-14)26-19-12-21(32-9-4-10-32)29-23(28-19)34-15-7-8-18(25-13-15)27-22(33)16-5-2-3-6-17(16)24;1-11-6-16(27-26-11)23-15-7-17(28-9-19(20,10-28)12-2-3-12)25-18(24-15)29-13-4-5-14(21)22-8-13;;;;;;;;;/h3-12H,13-15H2,1-2H3,(H,29,35)(H3,28,30,31,32,33,34);2-3,5-8,11-13H,4,9-10H2,1H3,(H,25,27,33)(H2,26,28,29,30,31);4-8,12H,2-3,9-10H2,1H3,(H2,21,22)(H2,23,24,25,26,27);9*1H. The summed E-state index contributed by atoms with van der Waals surface area (Å²) in [7, 11) is 0. The molecule has 11 heterocycles. The Bertz CT molecular complexity index is 4730. The Hall–Kier alpha value is -10.1. The van der Waals surface area contributed by atoms with Crippen LogP contribution >= 0.6 is 58.5 Å². The van der Waals surface area contributed by atoms with E-state index < -0.39 is 5.67 Å². The van der Waals surface area contributed by atoms with E-state index in [0.29, 0.717) is 114 Å². The molecule has 3 aromatic carbocycles. The minimum absolute atomic E-state index is 0. The number of pyridine rings is 2. The molecule has 0 spiro atoms. The van der Waals surface area contributed by atoms with E-state index in [4.69, 9.17) is 43.6 Å². The molecule has 15 rings (SSSR count). The average Bonchev–Trinajstić information content (AvgIpc) is 1.64. The van der Waals surface area contributed by atoms with E-state index in [1.165, 1.54) is 35.3 Å². The average molecular weight is 1460 g/mol. The topological polar surface area (TPSA) is 337 Å². The van der Waals surface area contributed by atoms with Gasteiger partial charge in [0.25, 0.3) is 11.8 Å². The summed E-state index contributed by atoms with van der Waals surface area (Å²) >= 11 is 16.4. The molecule has 3 saturated heterocycles. The highest BCUT2D eigenvalue weighted by Gasteiger charge is 2.54. The second-order valence-electron chi connectivity index (χ2n) is 24.6. The third kappa shape index (κ3) is 18.0. The Kier molecular flexibility index (Phi) is 20.9. The number of amides is 2. The van der Waals surface area contributed by atoms with Crippen molar-refractivity contribution in [1.29, 1.82) is 0 Å². The third-order valence-corrected chi connectivity index (χ3v) is 19.2. The van der Waals surface area contributed by atoms with Gasteiger partial charge in [-0.2, -0.15) is 15.3 Å². The largest absolute Gasteiger partial charge is 0.384 e. The lowest BCUT2D eigenvalue weighted by Gasteiger charge is -2.45. The molecule has 0 radical (unpaired) electrons. The predicted molar refractivity (Wildman–Crippen MR) is 408 cm³/mol. The van der Waals surface area contributed by atoms with Crippen LogP contribution in [0.25, 0.3) is 0 Å². The fourth-order valence-electron chi connectivity index (χ4n) is 10.4. The van der Waals surface area contributed by atoms with Gasteiger partial charge < -0.3 is 52.2 Å². The first-order chi connectivity index (χ1) is 48.3. The maximum atomic E-state index is 14.8. The van der Waals surface area contributed by atoms with Crippen molar-refractivity contribution in [3.63, 3.8) is 0 Å². The molecular formula is C68H86Cl2FN23O3S3. The molecule has 100 heavy (non-hydrogen) atoms. The first-order valence-corrected chi connectivity index (χ1v) is 35.0. The van der Waals surface area contributed by atoms with Crippen molar-refractivity contribution in [3.8, 4) is 0 Å². The monoisotopic (exact) mass is 1460 g/mol. The predicted octanol–water partition coefficient (Wildman–Crippen LogP) is 16.2. The van der Waals surface area contributed by atoms with Gasteiger partial charge in [0.05, 0.1) is 47.5 Å². The highest BCUT2D eigenvalue weighted by Crippen LogP contribution is 2.48. The second kappa shape index (κ2) is 30.6. The Morgan fingerprint density at radius 3 is 1.52 bits per heavy atom.